The van der Waals surface area contributed by atoms with E-state index < -0.39 is 5.97 Å². The molecule has 1 fully saturated rings. The number of unbranched alkanes of at least 4 members (excludes halogenated alkanes) is 1. The fraction of sp³-hybridized carbons (Fsp3) is 0.750. The molecule has 2 rings (SSSR count). The number of piperidine rings is 1. The zero-order valence-electron chi connectivity index (χ0n) is 13.1. The Hall–Kier alpha value is -0.940. The summed E-state index contributed by atoms with van der Waals surface area (Å²) in [6, 6.07) is 0. The van der Waals surface area contributed by atoms with Gasteiger partial charge in [0.25, 0.3) is 0 Å². The summed E-state index contributed by atoms with van der Waals surface area (Å²) in [5, 5.41) is 10.3. The number of likely N-dealkylation sites (tertiary alicyclic amines) is 1. The first-order valence-corrected chi connectivity index (χ1v) is 8.86. The third-order valence-corrected chi connectivity index (χ3v) is 5.23. The van der Waals surface area contributed by atoms with Gasteiger partial charge in [0.2, 0.25) is 0 Å². The maximum absolute atomic E-state index is 11.3. The van der Waals surface area contributed by atoms with Crippen molar-refractivity contribution in [3.05, 3.63) is 15.6 Å². The van der Waals surface area contributed by atoms with Gasteiger partial charge in [0, 0.05) is 19.5 Å². The molecule has 0 aromatic carbocycles. The molecule has 0 bridgehead atoms. The Morgan fingerprint density at radius 3 is 2.95 bits per heavy atom. The zero-order valence-corrected chi connectivity index (χ0v) is 13.9. The third-order valence-electron chi connectivity index (χ3n) is 4.09. The van der Waals surface area contributed by atoms with Crippen molar-refractivity contribution in [3.63, 3.8) is 0 Å². The average Bonchev–Trinajstić information content (AvgIpc) is 2.86. The lowest BCUT2D eigenvalue weighted by atomic mass is 10.0. The van der Waals surface area contributed by atoms with E-state index in [1.54, 1.807) is 0 Å². The predicted molar refractivity (Wildman–Crippen MR) is 86.2 cm³/mol. The van der Waals surface area contributed by atoms with E-state index in [-0.39, 0.29) is 0 Å². The number of hydrogen-bond donors (Lipinski definition) is 1. The molecule has 0 aliphatic carbocycles. The van der Waals surface area contributed by atoms with Crippen molar-refractivity contribution in [3.8, 4) is 0 Å². The largest absolute Gasteiger partial charge is 0.477 e. The number of rotatable bonds is 7. The Labute approximate surface area is 131 Å². The van der Waals surface area contributed by atoms with Crippen LogP contribution in [-0.4, -0.2) is 40.6 Å². The monoisotopic (exact) mass is 310 g/mol. The molecule has 1 aliphatic rings. The van der Waals surface area contributed by atoms with Gasteiger partial charge < -0.3 is 10.0 Å². The number of thiazole rings is 1. The second kappa shape index (κ2) is 7.90. The number of aromatic nitrogens is 1. The zero-order chi connectivity index (χ0) is 15.2. The Bertz CT molecular complexity index is 473. The summed E-state index contributed by atoms with van der Waals surface area (Å²) in [6.45, 7) is 7.76. The SMILES string of the molecule is CCCCc1nc(CCN2CCCC(C)C2)sc1C(=O)O. The minimum Gasteiger partial charge on any atom is -0.477 e. The smallest absolute Gasteiger partial charge is 0.347 e. The molecule has 2 heterocycles. The lowest BCUT2D eigenvalue weighted by Gasteiger charge is -2.30. The first-order chi connectivity index (χ1) is 10.1. The molecule has 1 aliphatic heterocycles. The van der Waals surface area contributed by atoms with Crippen LogP contribution in [0.3, 0.4) is 0 Å². The van der Waals surface area contributed by atoms with E-state index in [1.165, 1.54) is 37.3 Å². The highest BCUT2D eigenvalue weighted by Gasteiger charge is 2.19. The highest BCUT2D eigenvalue weighted by atomic mass is 32.1. The molecule has 0 saturated carbocycles. The van der Waals surface area contributed by atoms with Gasteiger partial charge in [-0.1, -0.05) is 20.3 Å². The summed E-state index contributed by atoms with van der Waals surface area (Å²) in [5.74, 6) is -0.0406. The van der Waals surface area contributed by atoms with Crippen LogP contribution in [0.2, 0.25) is 0 Å². The molecular formula is C16H26N2O2S. The summed E-state index contributed by atoms with van der Waals surface area (Å²) in [6.07, 6.45) is 6.35. The fourth-order valence-electron chi connectivity index (χ4n) is 2.93. The summed E-state index contributed by atoms with van der Waals surface area (Å²) in [4.78, 5) is 18.8. The van der Waals surface area contributed by atoms with Crippen LogP contribution in [0.1, 0.15) is 59.9 Å². The molecule has 1 aromatic heterocycles. The van der Waals surface area contributed by atoms with Crippen LogP contribution >= 0.6 is 11.3 Å². The quantitative estimate of drug-likeness (QED) is 0.838. The van der Waals surface area contributed by atoms with E-state index in [0.717, 1.165) is 48.8 Å². The van der Waals surface area contributed by atoms with Gasteiger partial charge in [-0.15, -0.1) is 11.3 Å². The molecule has 118 valence electrons. The molecule has 21 heavy (non-hydrogen) atoms. The number of nitrogens with zero attached hydrogens (tertiary/aromatic N) is 2. The number of carboxylic acid groups (broad SMARTS) is 1. The van der Waals surface area contributed by atoms with Crippen LogP contribution in [0.5, 0.6) is 0 Å². The van der Waals surface area contributed by atoms with E-state index in [1.807, 2.05) is 0 Å². The lowest BCUT2D eigenvalue weighted by molar-refractivity contribution is 0.0700. The summed E-state index contributed by atoms with van der Waals surface area (Å²) in [5.41, 5.74) is 0.788. The van der Waals surface area contributed by atoms with Gasteiger partial charge in [0.15, 0.2) is 0 Å². The fourth-order valence-corrected chi connectivity index (χ4v) is 3.87. The van der Waals surface area contributed by atoms with E-state index in [0.29, 0.717) is 4.88 Å². The van der Waals surface area contributed by atoms with Crippen molar-refractivity contribution in [1.82, 2.24) is 9.88 Å². The second-order valence-electron chi connectivity index (χ2n) is 6.09. The third kappa shape index (κ3) is 4.78. The van der Waals surface area contributed by atoms with Crippen LogP contribution in [-0.2, 0) is 12.8 Å². The van der Waals surface area contributed by atoms with E-state index >= 15 is 0 Å². The van der Waals surface area contributed by atoms with E-state index in [4.69, 9.17) is 0 Å². The number of carbonyl (C=O) groups is 1. The molecular weight excluding hydrogens is 284 g/mol. The molecule has 1 atom stereocenters. The van der Waals surface area contributed by atoms with Crippen LogP contribution in [0.25, 0.3) is 0 Å². The van der Waals surface area contributed by atoms with Crippen molar-refractivity contribution in [2.45, 2.75) is 52.4 Å². The molecule has 1 aromatic rings. The van der Waals surface area contributed by atoms with Crippen LogP contribution in [0.4, 0.5) is 0 Å². The normalized spacial score (nSPS) is 19.8. The molecule has 1 N–H and O–H groups in total. The molecule has 4 nitrogen and oxygen atoms in total. The number of hydrogen-bond acceptors (Lipinski definition) is 4. The average molecular weight is 310 g/mol. The molecule has 1 unspecified atom stereocenters. The van der Waals surface area contributed by atoms with Crippen LogP contribution in [0, 0.1) is 5.92 Å². The van der Waals surface area contributed by atoms with Gasteiger partial charge in [-0.05, 0) is 38.1 Å². The number of carboxylic acids is 1. The number of aromatic carboxylic acids is 1. The van der Waals surface area contributed by atoms with Crippen LogP contribution in [0.15, 0.2) is 0 Å². The van der Waals surface area contributed by atoms with E-state index in [2.05, 4.69) is 23.7 Å². The Balaban J connectivity index is 1.94. The Morgan fingerprint density at radius 1 is 1.48 bits per heavy atom. The minimum absolute atomic E-state index is 0.450. The number of aryl methyl sites for hydroxylation is 1. The molecule has 0 amide bonds. The summed E-state index contributed by atoms with van der Waals surface area (Å²) >= 11 is 1.37. The molecule has 0 radical (unpaired) electrons. The first kappa shape index (κ1) is 16.4. The van der Waals surface area contributed by atoms with Gasteiger partial charge >= 0.3 is 5.97 Å². The highest BCUT2D eigenvalue weighted by Crippen LogP contribution is 2.22. The Kier molecular flexibility index (Phi) is 6.18. The van der Waals surface area contributed by atoms with Gasteiger partial charge in [-0.3, -0.25) is 0 Å². The Morgan fingerprint density at radius 2 is 2.29 bits per heavy atom. The lowest BCUT2D eigenvalue weighted by Crippen LogP contribution is -2.35. The first-order valence-electron chi connectivity index (χ1n) is 8.04. The van der Waals surface area contributed by atoms with Gasteiger partial charge in [0.1, 0.15) is 4.88 Å². The van der Waals surface area contributed by atoms with Gasteiger partial charge in [0.05, 0.1) is 10.7 Å². The standard InChI is InChI=1S/C16H26N2O2S/c1-3-4-7-13-15(16(19)20)21-14(17-13)8-10-18-9-5-6-12(2)11-18/h12H,3-11H2,1-2H3,(H,19,20). The molecule has 0 spiro atoms. The van der Waals surface area contributed by atoms with Crippen molar-refractivity contribution >= 4 is 17.3 Å². The minimum atomic E-state index is -0.823. The van der Waals surface area contributed by atoms with Crippen molar-refractivity contribution < 1.29 is 9.90 Å². The van der Waals surface area contributed by atoms with Crippen molar-refractivity contribution in [1.29, 1.82) is 0 Å². The predicted octanol–water partition coefficient (Wildman–Crippen LogP) is 3.46. The maximum atomic E-state index is 11.3. The van der Waals surface area contributed by atoms with Gasteiger partial charge in [-0.2, -0.15) is 0 Å². The topological polar surface area (TPSA) is 53.4 Å². The second-order valence-corrected chi connectivity index (χ2v) is 7.17. The van der Waals surface area contributed by atoms with Crippen molar-refractivity contribution in [2.75, 3.05) is 19.6 Å². The summed E-state index contributed by atoms with van der Waals surface area (Å²) < 4.78 is 0. The van der Waals surface area contributed by atoms with Crippen molar-refractivity contribution in [2.24, 2.45) is 5.92 Å². The highest BCUT2D eigenvalue weighted by molar-refractivity contribution is 7.13. The van der Waals surface area contributed by atoms with E-state index in [9.17, 15) is 9.90 Å². The summed E-state index contributed by atoms with van der Waals surface area (Å²) in [7, 11) is 0. The molecule has 5 heteroatoms. The van der Waals surface area contributed by atoms with Gasteiger partial charge in [-0.25, -0.2) is 9.78 Å². The van der Waals surface area contributed by atoms with Crippen LogP contribution < -0.4 is 0 Å². The molecule has 1 saturated heterocycles. The maximum Gasteiger partial charge on any atom is 0.347 e.